The van der Waals surface area contributed by atoms with Crippen LogP contribution in [-0.2, 0) is 20.9 Å². The average Bonchev–Trinajstić information content (AvgIpc) is 3.23. The van der Waals surface area contributed by atoms with Gasteiger partial charge in [0.15, 0.2) is 0 Å². The van der Waals surface area contributed by atoms with Crippen LogP contribution in [0, 0.1) is 23.7 Å². The first kappa shape index (κ1) is 17.7. The third-order valence-corrected chi connectivity index (χ3v) is 6.79. The molecular weight excluding hydrogens is 348 g/mol. The third kappa shape index (κ3) is 2.80. The summed E-state index contributed by atoms with van der Waals surface area (Å²) in [6, 6.07) is 20.8. The third-order valence-electron chi connectivity index (χ3n) is 6.79. The molecule has 0 saturated heterocycles. The molecule has 0 aromatic heterocycles. The second-order valence-electron chi connectivity index (χ2n) is 8.20. The van der Waals surface area contributed by atoms with E-state index in [4.69, 9.17) is 9.47 Å². The van der Waals surface area contributed by atoms with E-state index in [1.807, 2.05) is 19.1 Å². The minimum Gasteiger partial charge on any atom is -0.463 e. The Labute approximate surface area is 166 Å². The van der Waals surface area contributed by atoms with Crippen molar-refractivity contribution in [1.29, 1.82) is 0 Å². The van der Waals surface area contributed by atoms with Gasteiger partial charge in [-0.25, -0.2) is 4.79 Å². The van der Waals surface area contributed by atoms with Gasteiger partial charge >= 0.3 is 5.97 Å². The van der Waals surface area contributed by atoms with Crippen LogP contribution in [0.5, 0.6) is 0 Å². The van der Waals surface area contributed by atoms with Crippen molar-refractivity contribution in [3.05, 3.63) is 77.4 Å². The first-order valence-electron chi connectivity index (χ1n) is 10.4. The minimum absolute atomic E-state index is 0.114. The molecule has 0 unspecified atom stereocenters. The molecule has 3 heteroatoms. The van der Waals surface area contributed by atoms with Crippen molar-refractivity contribution in [2.75, 3.05) is 6.61 Å². The van der Waals surface area contributed by atoms with Crippen molar-refractivity contribution < 1.29 is 14.3 Å². The van der Waals surface area contributed by atoms with Gasteiger partial charge < -0.3 is 9.47 Å². The highest BCUT2D eigenvalue weighted by atomic mass is 16.5. The number of rotatable bonds is 6. The predicted molar refractivity (Wildman–Crippen MR) is 108 cm³/mol. The van der Waals surface area contributed by atoms with Crippen LogP contribution >= 0.6 is 0 Å². The summed E-state index contributed by atoms with van der Waals surface area (Å²) < 4.78 is 11.8. The van der Waals surface area contributed by atoms with E-state index >= 15 is 0 Å². The Bertz CT molecular complexity index is 887. The highest BCUT2D eigenvalue weighted by Gasteiger charge is 2.62. The molecule has 0 N–H and O–H groups in total. The van der Waals surface area contributed by atoms with Gasteiger partial charge in [-0.3, -0.25) is 0 Å². The molecule has 5 atom stereocenters. The number of esters is 1. The Hall–Kier alpha value is -2.39. The molecule has 0 heterocycles. The fourth-order valence-corrected chi connectivity index (χ4v) is 5.76. The van der Waals surface area contributed by atoms with Crippen LogP contribution in [0.25, 0.3) is 5.57 Å². The molecule has 2 aromatic carbocycles. The molecular formula is C25H26O3. The van der Waals surface area contributed by atoms with E-state index in [1.165, 1.54) is 16.7 Å². The van der Waals surface area contributed by atoms with Crippen LogP contribution in [0.2, 0.25) is 0 Å². The number of carbonyl (C=O) groups is 1. The maximum Gasteiger partial charge on any atom is 0.334 e. The van der Waals surface area contributed by atoms with Gasteiger partial charge in [-0.15, -0.1) is 0 Å². The summed E-state index contributed by atoms with van der Waals surface area (Å²) in [4.78, 5) is 12.7. The van der Waals surface area contributed by atoms with E-state index < -0.39 is 0 Å². The lowest BCUT2D eigenvalue weighted by atomic mass is 9.59. The number of fused-ring (bicyclic) bond motifs is 5. The standard InChI is InChI=1S/C25H26O3/c1-2-27-25(26)24-21(17-11-7-4-8-12-17)23-19-13-18(22(23)24)14-20(19)28-15-16-9-5-3-6-10-16/h3-12,18-20,22-23H,2,13-15H2,1H3/t18-,19+,20+,22-,23-/m1/s1. The van der Waals surface area contributed by atoms with Crippen LogP contribution in [0.1, 0.15) is 30.9 Å². The van der Waals surface area contributed by atoms with Crippen molar-refractivity contribution in [3.63, 3.8) is 0 Å². The lowest BCUT2D eigenvalue weighted by Crippen LogP contribution is -2.43. The van der Waals surface area contributed by atoms with Gasteiger partial charge in [0.1, 0.15) is 0 Å². The largest absolute Gasteiger partial charge is 0.463 e. The highest BCUT2D eigenvalue weighted by Crippen LogP contribution is 2.66. The SMILES string of the molecule is CCOC(=O)C1=C(c2ccccc2)[C@H]2[C@H]3C[C@H](C[C@@H]3OCc3ccccc3)[C@@H]12. The van der Waals surface area contributed by atoms with Gasteiger partial charge in [0.25, 0.3) is 0 Å². The van der Waals surface area contributed by atoms with Crippen LogP contribution in [0.3, 0.4) is 0 Å². The fraction of sp³-hybridized carbons (Fsp3) is 0.400. The zero-order chi connectivity index (χ0) is 19.1. The van der Waals surface area contributed by atoms with Crippen LogP contribution < -0.4 is 0 Å². The molecule has 28 heavy (non-hydrogen) atoms. The van der Waals surface area contributed by atoms with Gasteiger partial charge in [-0.2, -0.15) is 0 Å². The van der Waals surface area contributed by atoms with Gasteiger partial charge in [0.2, 0.25) is 0 Å². The lowest BCUT2D eigenvalue weighted by Gasteiger charge is -2.46. The number of ether oxygens (including phenoxy) is 2. The summed E-state index contributed by atoms with van der Waals surface area (Å²) in [7, 11) is 0. The predicted octanol–water partition coefficient (Wildman–Crippen LogP) is 4.87. The molecule has 0 radical (unpaired) electrons. The summed E-state index contributed by atoms with van der Waals surface area (Å²) in [6.45, 7) is 2.98. The average molecular weight is 374 g/mol. The Morgan fingerprint density at radius 3 is 2.39 bits per heavy atom. The topological polar surface area (TPSA) is 35.5 Å². The summed E-state index contributed by atoms with van der Waals surface area (Å²) >= 11 is 0. The van der Waals surface area contributed by atoms with E-state index in [0.29, 0.717) is 36.9 Å². The molecule has 3 aliphatic carbocycles. The van der Waals surface area contributed by atoms with E-state index in [0.717, 1.165) is 18.4 Å². The van der Waals surface area contributed by atoms with E-state index in [2.05, 4.69) is 48.5 Å². The van der Waals surface area contributed by atoms with E-state index in [9.17, 15) is 4.79 Å². The smallest absolute Gasteiger partial charge is 0.334 e. The molecule has 144 valence electrons. The number of benzene rings is 2. The molecule has 2 bridgehead atoms. The quantitative estimate of drug-likeness (QED) is 0.677. The van der Waals surface area contributed by atoms with E-state index in [1.54, 1.807) is 0 Å². The molecule has 5 rings (SSSR count). The first-order chi connectivity index (χ1) is 13.8. The molecule has 0 amide bonds. The Morgan fingerprint density at radius 2 is 1.68 bits per heavy atom. The Morgan fingerprint density at radius 1 is 0.964 bits per heavy atom. The molecule has 2 saturated carbocycles. The highest BCUT2D eigenvalue weighted by molar-refractivity contribution is 6.03. The van der Waals surface area contributed by atoms with Crippen LogP contribution in [-0.4, -0.2) is 18.7 Å². The van der Waals surface area contributed by atoms with Crippen LogP contribution in [0.4, 0.5) is 0 Å². The zero-order valence-corrected chi connectivity index (χ0v) is 16.2. The summed E-state index contributed by atoms with van der Waals surface area (Å²) in [5.74, 6) is 1.73. The van der Waals surface area contributed by atoms with Crippen molar-refractivity contribution in [2.24, 2.45) is 23.7 Å². The second-order valence-corrected chi connectivity index (χ2v) is 8.20. The van der Waals surface area contributed by atoms with Crippen LogP contribution in [0.15, 0.2) is 66.2 Å². The summed E-state index contributed by atoms with van der Waals surface area (Å²) in [5, 5.41) is 0. The Balaban J connectivity index is 1.40. The van der Waals surface area contributed by atoms with Gasteiger partial charge in [0.05, 0.1) is 19.3 Å². The van der Waals surface area contributed by atoms with Gasteiger partial charge in [-0.05, 0) is 54.2 Å². The molecule has 2 aromatic rings. The summed E-state index contributed by atoms with van der Waals surface area (Å²) in [5.41, 5.74) is 4.54. The fourth-order valence-electron chi connectivity index (χ4n) is 5.76. The molecule has 2 fully saturated rings. The number of allylic oxidation sites excluding steroid dienone is 1. The molecule has 3 nitrogen and oxygen atoms in total. The molecule has 0 aliphatic heterocycles. The monoisotopic (exact) mass is 374 g/mol. The normalized spacial score (nSPS) is 30.1. The van der Waals surface area contributed by atoms with Gasteiger partial charge in [0, 0.05) is 11.5 Å². The van der Waals surface area contributed by atoms with Crippen molar-refractivity contribution in [3.8, 4) is 0 Å². The molecule has 0 spiro atoms. The summed E-state index contributed by atoms with van der Waals surface area (Å²) in [6.07, 6.45) is 2.51. The minimum atomic E-state index is -0.114. The van der Waals surface area contributed by atoms with E-state index in [-0.39, 0.29) is 12.1 Å². The van der Waals surface area contributed by atoms with Crippen molar-refractivity contribution in [1.82, 2.24) is 0 Å². The van der Waals surface area contributed by atoms with Crippen molar-refractivity contribution in [2.45, 2.75) is 32.5 Å². The number of hydrogen-bond acceptors (Lipinski definition) is 3. The van der Waals surface area contributed by atoms with Crippen molar-refractivity contribution >= 4 is 11.5 Å². The maximum absolute atomic E-state index is 12.7. The first-order valence-corrected chi connectivity index (χ1v) is 10.4. The number of hydrogen-bond donors (Lipinski definition) is 0. The molecule has 3 aliphatic rings. The zero-order valence-electron chi connectivity index (χ0n) is 16.2. The lowest BCUT2D eigenvalue weighted by molar-refractivity contribution is -0.140. The second kappa shape index (κ2) is 7.21. The Kier molecular flexibility index (Phi) is 4.56. The number of carbonyl (C=O) groups excluding carboxylic acids is 1. The van der Waals surface area contributed by atoms with Gasteiger partial charge in [-0.1, -0.05) is 60.7 Å². The maximum atomic E-state index is 12.7.